The number of ether oxygens (including phenoxy) is 1. The highest BCUT2D eigenvalue weighted by molar-refractivity contribution is 6.33. The van der Waals surface area contributed by atoms with E-state index in [4.69, 9.17) is 16.3 Å². The van der Waals surface area contributed by atoms with Gasteiger partial charge in [-0.3, -0.25) is 0 Å². The van der Waals surface area contributed by atoms with E-state index in [0.717, 1.165) is 62.0 Å². The van der Waals surface area contributed by atoms with Crippen molar-refractivity contribution in [3.63, 3.8) is 0 Å². The molecular formula is C15H24ClN3O. The van der Waals surface area contributed by atoms with E-state index in [1.165, 1.54) is 0 Å². The van der Waals surface area contributed by atoms with Gasteiger partial charge in [-0.05, 0) is 31.0 Å². The van der Waals surface area contributed by atoms with Crippen LogP contribution in [-0.2, 0) is 11.3 Å². The highest BCUT2D eigenvalue weighted by Gasteiger charge is 2.21. The van der Waals surface area contributed by atoms with Gasteiger partial charge >= 0.3 is 0 Å². The first kappa shape index (κ1) is 15.5. The smallest absolute Gasteiger partial charge is 0.147 e. The Kier molecular flexibility index (Phi) is 6.07. The zero-order valence-corrected chi connectivity index (χ0v) is 13.1. The van der Waals surface area contributed by atoms with Gasteiger partial charge in [0.15, 0.2) is 0 Å². The van der Waals surface area contributed by atoms with Crippen molar-refractivity contribution in [3.05, 3.63) is 22.8 Å². The molecule has 112 valence electrons. The molecule has 1 aliphatic rings. The molecule has 1 aromatic rings. The fourth-order valence-electron chi connectivity index (χ4n) is 2.37. The molecule has 0 bridgehead atoms. The van der Waals surface area contributed by atoms with Crippen LogP contribution in [0.25, 0.3) is 0 Å². The first-order chi connectivity index (χ1) is 9.74. The van der Waals surface area contributed by atoms with Crippen LogP contribution >= 0.6 is 11.6 Å². The summed E-state index contributed by atoms with van der Waals surface area (Å²) in [4.78, 5) is 6.77. The molecule has 0 amide bonds. The number of nitrogens with one attached hydrogen (secondary N) is 1. The van der Waals surface area contributed by atoms with Crippen LogP contribution < -0.4 is 10.2 Å². The van der Waals surface area contributed by atoms with Gasteiger partial charge in [0.2, 0.25) is 0 Å². The topological polar surface area (TPSA) is 37.4 Å². The summed E-state index contributed by atoms with van der Waals surface area (Å²) in [5, 5.41) is 4.10. The fraction of sp³-hybridized carbons (Fsp3) is 0.667. The van der Waals surface area contributed by atoms with Crippen molar-refractivity contribution in [1.29, 1.82) is 0 Å². The van der Waals surface area contributed by atoms with Crippen LogP contribution in [0.1, 0.15) is 32.3 Å². The summed E-state index contributed by atoms with van der Waals surface area (Å²) in [5.41, 5.74) is 1.13. The van der Waals surface area contributed by atoms with Gasteiger partial charge in [0.25, 0.3) is 0 Å². The van der Waals surface area contributed by atoms with E-state index in [9.17, 15) is 0 Å². The molecule has 1 unspecified atom stereocenters. The quantitative estimate of drug-likeness (QED) is 0.819. The van der Waals surface area contributed by atoms with Crippen molar-refractivity contribution >= 4 is 17.4 Å². The Balaban J connectivity index is 2.01. The van der Waals surface area contributed by atoms with Crippen molar-refractivity contribution in [1.82, 2.24) is 10.3 Å². The molecule has 1 fully saturated rings. The second kappa shape index (κ2) is 7.81. The van der Waals surface area contributed by atoms with Crippen LogP contribution in [0.15, 0.2) is 12.3 Å². The molecule has 1 atom stereocenters. The molecule has 0 radical (unpaired) electrons. The SMILES string of the molecule is CCCNCc1cnc(N2CCOC(CC)C2)c(Cl)c1. The summed E-state index contributed by atoms with van der Waals surface area (Å²) in [7, 11) is 0. The van der Waals surface area contributed by atoms with E-state index >= 15 is 0 Å². The molecule has 5 heteroatoms. The standard InChI is InChI=1S/C15H24ClN3O/c1-3-5-17-9-12-8-14(16)15(18-10-12)19-6-7-20-13(4-2)11-19/h8,10,13,17H,3-7,9,11H2,1-2H3. The lowest BCUT2D eigenvalue weighted by Crippen LogP contribution is -2.42. The molecule has 0 aliphatic carbocycles. The summed E-state index contributed by atoms with van der Waals surface area (Å²) >= 11 is 6.39. The van der Waals surface area contributed by atoms with Gasteiger partial charge in [0.1, 0.15) is 5.82 Å². The van der Waals surface area contributed by atoms with Gasteiger partial charge in [0.05, 0.1) is 17.7 Å². The van der Waals surface area contributed by atoms with E-state index in [-0.39, 0.29) is 6.10 Å². The summed E-state index contributed by atoms with van der Waals surface area (Å²) in [6.07, 6.45) is 4.35. The first-order valence-corrected chi connectivity index (χ1v) is 7.84. The molecule has 1 saturated heterocycles. The minimum atomic E-state index is 0.285. The first-order valence-electron chi connectivity index (χ1n) is 7.46. The second-order valence-electron chi connectivity index (χ2n) is 5.17. The molecule has 0 saturated carbocycles. The normalized spacial score (nSPS) is 19.4. The summed E-state index contributed by atoms with van der Waals surface area (Å²) in [6.45, 7) is 8.61. The molecule has 0 aromatic carbocycles. The molecule has 0 spiro atoms. The van der Waals surface area contributed by atoms with E-state index in [2.05, 4.69) is 29.0 Å². The Morgan fingerprint density at radius 2 is 2.35 bits per heavy atom. The fourth-order valence-corrected chi connectivity index (χ4v) is 2.68. The largest absolute Gasteiger partial charge is 0.375 e. The Labute approximate surface area is 126 Å². The second-order valence-corrected chi connectivity index (χ2v) is 5.58. The Hall–Kier alpha value is -0.840. The van der Waals surface area contributed by atoms with Gasteiger partial charge in [0, 0.05) is 25.8 Å². The van der Waals surface area contributed by atoms with Crippen LogP contribution in [0.4, 0.5) is 5.82 Å². The molecule has 4 nitrogen and oxygen atoms in total. The van der Waals surface area contributed by atoms with Crippen molar-refractivity contribution in [2.75, 3.05) is 31.1 Å². The van der Waals surface area contributed by atoms with Crippen LogP contribution in [0, 0.1) is 0 Å². The predicted octanol–water partition coefficient (Wildman–Crippen LogP) is 2.85. The van der Waals surface area contributed by atoms with E-state index in [1.807, 2.05) is 12.3 Å². The molecule has 2 heterocycles. The number of pyridine rings is 1. The number of morpholine rings is 1. The average Bonchev–Trinajstić information content (AvgIpc) is 2.48. The number of anilines is 1. The van der Waals surface area contributed by atoms with Gasteiger partial charge in [-0.2, -0.15) is 0 Å². The number of halogens is 1. The van der Waals surface area contributed by atoms with Crippen LogP contribution in [0.2, 0.25) is 5.02 Å². The third-order valence-corrected chi connectivity index (χ3v) is 3.81. The minimum absolute atomic E-state index is 0.285. The predicted molar refractivity (Wildman–Crippen MR) is 83.5 cm³/mol. The highest BCUT2D eigenvalue weighted by Crippen LogP contribution is 2.26. The lowest BCUT2D eigenvalue weighted by molar-refractivity contribution is 0.0382. The van der Waals surface area contributed by atoms with Gasteiger partial charge in [-0.15, -0.1) is 0 Å². The number of aromatic nitrogens is 1. The number of hydrogen-bond acceptors (Lipinski definition) is 4. The molecule has 20 heavy (non-hydrogen) atoms. The van der Waals surface area contributed by atoms with Crippen molar-refractivity contribution < 1.29 is 4.74 Å². The molecule has 1 aliphatic heterocycles. The molecule has 2 rings (SSSR count). The lowest BCUT2D eigenvalue weighted by Gasteiger charge is -2.33. The summed E-state index contributed by atoms with van der Waals surface area (Å²) < 4.78 is 5.69. The number of rotatable bonds is 6. The maximum atomic E-state index is 6.39. The van der Waals surface area contributed by atoms with Crippen molar-refractivity contribution in [2.24, 2.45) is 0 Å². The third-order valence-electron chi connectivity index (χ3n) is 3.53. The zero-order valence-electron chi connectivity index (χ0n) is 12.4. The monoisotopic (exact) mass is 297 g/mol. The van der Waals surface area contributed by atoms with E-state index in [1.54, 1.807) is 0 Å². The lowest BCUT2D eigenvalue weighted by atomic mass is 10.2. The van der Waals surface area contributed by atoms with Crippen LogP contribution in [-0.4, -0.2) is 37.3 Å². The molecule has 1 N–H and O–H groups in total. The Morgan fingerprint density at radius 3 is 3.05 bits per heavy atom. The summed E-state index contributed by atoms with van der Waals surface area (Å²) in [6, 6.07) is 2.02. The van der Waals surface area contributed by atoms with Crippen molar-refractivity contribution in [2.45, 2.75) is 39.3 Å². The maximum Gasteiger partial charge on any atom is 0.147 e. The van der Waals surface area contributed by atoms with Crippen LogP contribution in [0.5, 0.6) is 0 Å². The number of hydrogen-bond donors (Lipinski definition) is 1. The third kappa shape index (κ3) is 4.08. The van der Waals surface area contributed by atoms with Crippen LogP contribution in [0.3, 0.4) is 0 Å². The average molecular weight is 298 g/mol. The summed E-state index contributed by atoms with van der Waals surface area (Å²) in [5.74, 6) is 0.882. The Bertz CT molecular complexity index is 428. The highest BCUT2D eigenvalue weighted by atomic mass is 35.5. The van der Waals surface area contributed by atoms with E-state index in [0.29, 0.717) is 0 Å². The Morgan fingerprint density at radius 1 is 1.50 bits per heavy atom. The van der Waals surface area contributed by atoms with Crippen molar-refractivity contribution in [3.8, 4) is 0 Å². The molecule has 1 aromatic heterocycles. The van der Waals surface area contributed by atoms with E-state index < -0.39 is 0 Å². The minimum Gasteiger partial charge on any atom is -0.375 e. The molecular weight excluding hydrogens is 274 g/mol. The van der Waals surface area contributed by atoms with Gasteiger partial charge in [-0.1, -0.05) is 25.4 Å². The zero-order chi connectivity index (χ0) is 14.4. The maximum absolute atomic E-state index is 6.39. The number of nitrogens with zero attached hydrogens (tertiary/aromatic N) is 2. The van der Waals surface area contributed by atoms with Gasteiger partial charge < -0.3 is 15.0 Å². The van der Waals surface area contributed by atoms with Gasteiger partial charge in [-0.25, -0.2) is 4.98 Å².